The van der Waals surface area contributed by atoms with Crippen LogP contribution >= 0.6 is 0 Å². The van der Waals surface area contributed by atoms with Crippen molar-refractivity contribution in [3.63, 3.8) is 0 Å². The van der Waals surface area contributed by atoms with Crippen LogP contribution in [0.15, 0.2) is 24.3 Å². The minimum Gasteiger partial charge on any atom is -0.299 e. The summed E-state index contributed by atoms with van der Waals surface area (Å²) in [6.07, 6.45) is 2.24. The molecule has 0 saturated carbocycles. The van der Waals surface area contributed by atoms with Gasteiger partial charge in [-0.2, -0.15) is 0 Å². The van der Waals surface area contributed by atoms with Gasteiger partial charge in [-0.05, 0) is 29.9 Å². The van der Waals surface area contributed by atoms with Crippen LogP contribution in [0.2, 0.25) is 0 Å². The van der Waals surface area contributed by atoms with Gasteiger partial charge in [0.25, 0.3) is 0 Å². The largest absolute Gasteiger partial charge is 0.299 e. The first kappa shape index (κ1) is 12.3. The van der Waals surface area contributed by atoms with Crippen LogP contribution in [0.4, 0.5) is 0 Å². The summed E-state index contributed by atoms with van der Waals surface area (Å²) in [4.78, 5) is 12.4. The Hall–Kier alpha value is -1.11. The van der Waals surface area contributed by atoms with Gasteiger partial charge in [0.15, 0.2) is 0 Å². The number of hydrogen-bond acceptors (Lipinski definition) is 1. The van der Waals surface area contributed by atoms with E-state index in [1.54, 1.807) is 0 Å². The molecule has 1 heteroatoms. The van der Waals surface area contributed by atoms with Gasteiger partial charge in [0.1, 0.15) is 5.78 Å². The van der Waals surface area contributed by atoms with Crippen LogP contribution in [0.1, 0.15) is 51.2 Å². The van der Waals surface area contributed by atoms with Crippen molar-refractivity contribution < 1.29 is 4.79 Å². The van der Waals surface area contributed by atoms with Crippen molar-refractivity contribution >= 4 is 5.78 Å². The summed E-state index contributed by atoms with van der Waals surface area (Å²) >= 11 is 0. The molecule has 1 aromatic rings. The second kappa shape index (κ2) is 4.29. The number of benzene rings is 1. The van der Waals surface area contributed by atoms with Crippen molar-refractivity contribution in [3.8, 4) is 0 Å². The molecule has 0 fully saturated rings. The van der Waals surface area contributed by atoms with Crippen LogP contribution in [0.25, 0.3) is 0 Å². The number of fused-ring (bicyclic) bond motifs is 1. The summed E-state index contributed by atoms with van der Waals surface area (Å²) in [7, 11) is 0. The minimum absolute atomic E-state index is 0.123. The number of carbonyl (C=O) groups is 1. The molecule has 1 aliphatic rings. The Bertz CT molecular complexity index is 429. The van der Waals surface area contributed by atoms with E-state index in [1.165, 1.54) is 11.1 Å². The molecular formula is C16H22O. The summed E-state index contributed by atoms with van der Waals surface area (Å²) < 4.78 is 0. The summed E-state index contributed by atoms with van der Waals surface area (Å²) in [6, 6.07) is 8.58. The maximum absolute atomic E-state index is 12.4. The highest BCUT2D eigenvalue weighted by molar-refractivity contribution is 5.87. The molecule has 1 aromatic carbocycles. The number of rotatable bonds is 3. The Morgan fingerprint density at radius 3 is 2.59 bits per heavy atom. The predicted molar refractivity (Wildman–Crippen MR) is 71.1 cm³/mol. The SMILES string of the molecule is CC(C)C(=O)C(C)(C)C1CCc2ccccc21. The Morgan fingerprint density at radius 1 is 1.29 bits per heavy atom. The number of aryl methyl sites for hydroxylation is 1. The standard InChI is InChI=1S/C16H22O/c1-11(2)15(17)16(3,4)14-10-9-12-7-5-6-8-13(12)14/h5-8,11,14H,9-10H2,1-4H3. The Labute approximate surface area is 104 Å². The Morgan fingerprint density at radius 2 is 1.94 bits per heavy atom. The zero-order chi connectivity index (χ0) is 12.6. The topological polar surface area (TPSA) is 17.1 Å². The third-order valence-corrected chi connectivity index (χ3v) is 4.16. The second-order valence-corrected chi connectivity index (χ2v) is 6.03. The highest BCUT2D eigenvalue weighted by Crippen LogP contribution is 2.46. The summed E-state index contributed by atoms with van der Waals surface area (Å²) in [5.74, 6) is 0.908. The van der Waals surface area contributed by atoms with Gasteiger partial charge in [-0.3, -0.25) is 4.79 Å². The van der Waals surface area contributed by atoms with Gasteiger partial charge in [0.05, 0.1) is 0 Å². The zero-order valence-electron chi connectivity index (χ0n) is 11.3. The molecule has 0 bridgehead atoms. The van der Waals surface area contributed by atoms with Crippen LogP contribution in [0.5, 0.6) is 0 Å². The van der Waals surface area contributed by atoms with E-state index >= 15 is 0 Å². The lowest BCUT2D eigenvalue weighted by Gasteiger charge is -2.32. The van der Waals surface area contributed by atoms with Crippen molar-refractivity contribution in [2.75, 3.05) is 0 Å². The van der Waals surface area contributed by atoms with Crippen LogP contribution in [-0.2, 0) is 11.2 Å². The average molecular weight is 230 g/mol. The molecule has 1 aliphatic carbocycles. The van der Waals surface area contributed by atoms with Gasteiger partial charge in [0, 0.05) is 11.3 Å². The fraction of sp³-hybridized carbons (Fsp3) is 0.562. The fourth-order valence-corrected chi connectivity index (χ4v) is 3.22. The number of hydrogen-bond donors (Lipinski definition) is 0. The third-order valence-electron chi connectivity index (χ3n) is 4.16. The molecule has 0 N–H and O–H groups in total. The Kier molecular flexibility index (Phi) is 3.11. The highest BCUT2D eigenvalue weighted by atomic mass is 16.1. The van der Waals surface area contributed by atoms with Crippen LogP contribution in [0, 0.1) is 11.3 Å². The van der Waals surface area contributed by atoms with Crippen molar-refractivity contribution in [1.82, 2.24) is 0 Å². The van der Waals surface area contributed by atoms with Gasteiger partial charge in [-0.1, -0.05) is 52.0 Å². The van der Waals surface area contributed by atoms with Crippen LogP contribution in [0.3, 0.4) is 0 Å². The first-order valence-corrected chi connectivity index (χ1v) is 6.56. The maximum atomic E-state index is 12.4. The minimum atomic E-state index is -0.235. The Balaban J connectivity index is 2.34. The van der Waals surface area contributed by atoms with Crippen molar-refractivity contribution in [1.29, 1.82) is 0 Å². The molecule has 92 valence electrons. The fourth-order valence-electron chi connectivity index (χ4n) is 3.22. The van der Waals surface area contributed by atoms with Gasteiger partial charge >= 0.3 is 0 Å². The molecule has 1 unspecified atom stereocenters. The number of carbonyl (C=O) groups excluding carboxylic acids is 1. The van der Waals surface area contributed by atoms with E-state index in [0.717, 1.165) is 12.8 Å². The van der Waals surface area contributed by atoms with Crippen molar-refractivity contribution in [2.45, 2.75) is 46.5 Å². The van der Waals surface area contributed by atoms with Gasteiger partial charge in [-0.25, -0.2) is 0 Å². The van der Waals surface area contributed by atoms with E-state index < -0.39 is 0 Å². The molecule has 1 nitrogen and oxygen atoms in total. The summed E-state index contributed by atoms with van der Waals surface area (Å²) in [5.41, 5.74) is 2.59. The smallest absolute Gasteiger partial charge is 0.141 e. The molecule has 0 spiro atoms. The molecule has 0 aliphatic heterocycles. The molecule has 0 aromatic heterocycles. The predicted octanol–water partition coefficient (Wildman–Crippen LogP) is 3.97. The molecule has 1 atom stereocenters. The lowest BCUT2D eigenvalue weighted by Crippen LogP contribution is -2.33. The molecule has 17 heavy (non-hydrogen) atoms. The normalized spacial score (nSPS) is 19.5. The van der Waals surface area contributed by atoms with Crippen LogP contribution in [-0.4, -0.2) is 5.78 Å². The zero-order valence-corrected chi connectivity index (χ0v) is 11.3. The highest BCUT2D eigenvalue weighted by Gasteiger charge is 2.41. The maximum Gasteiger partial charge on any atom is 0.141 e. The number of ketones is 1. The van der Waals surface area contributed by atoms with E-state index in [4.69, 9.17) is 0 Å². The average Bonchev–Trinajstić information content (AvgIpc) is 2.72. The lowest BCUT2D eigenvalue weighted by molar-refractivity contribution is -0.131. The summed E-state index contributed by atoms with van der Waals surface area (Å²) in [6.45, 7) is 8.24. The molecule has 0 amide bonds. The molecule has 0 heterocycles. The monoisotopic (exact) mass is 230 g/mol. The van der Waals surface area contributed by atoms with E-state index in [1.807, 2.05) is 13.8 Å². The molecular weight excluding hydrogens is 208 g/mol. The second-order valence-electron chi connectivity index (χ2n) is 6.03. The number of Topliss-reactive ketones (excluding diaryl/α,β-unsaturated/α-hetero) is 1. The molecule has 0 radical (unpaired) electrons. The van der Waals surface area contributed by atoms with E-state index in [9.17, 15) is 4.79 Å². The molecule has 0 saturated heterocycles. The van der Waals surface area contributed by atoms with E-state index in [0.29, 0.717) is 11.7 Å². The first-order valence-electron chi connectivity index (χ1n) is 6.56. The van der Waals surface area contributed by atoms with Crippen molar-refractivity contribution in [3.05, 3.63) is 35.4 Å². The van der Waals surface area contributed by atoms with Crippen LogP contribution < -0.4 is 0 Å². The lowest BCUT2D eigenvalue weighted by atomic mass is 9.70. The van der Waals surface area contributed by atoms with Crippen molar-refractivity contribution in [2.24, 2.45) is 11.3 Å². The van der Waals surface area contributed by atoms with E-state index in [-0.39, 0.29) is 11.3 Å². The molecule has 2 rings (SSSR count). The summed E-state index contributed by atoms with van der Waals surface area (Å²) in [5, 5.41) is 0. The third kappa shape index (κ3) is 2.03. The van der Waals surface area contributed by atoms with Gasteiger partial charge in [-0.15, -0.1) is 0 Å². The first-order chi connectivity index (χ1) is 7.94. The van der Waals surface area contributed by atoms with Gasteiger partial charge in [0.2, 0.25) is 0 Å². The van der Waals surface area contributed by atoms with E-state index in [2.05, 4.69) is 38.1 Å². The quantitative estimate of drug-likeness (QED) is 0.768. The van der Waals surface area contributed by atoms with Gasteiger partial charge < -0.3 is 0 Å².